The van der Waals surface area contributed by atoms with Gasteiger partial charge in [0.1, 0.15) is 0 Å². The minimum Gasteiger partial charge on any atom is -0.341 e. The highest BCUT2D eigenvalue weighted by molar-refractivity contribution is 7.98. The van der Waals surface area contributed by atoms with Gasteiger partial charge in [-0.15, -0.1) is 11.8 Å². The molecule has 4 aromatic rings. The molecule has 37 heavy (non-hydrogen) atoms. The van der Waals surface area contributed by atoms with Crippen LogP contribution in [0.5, 0.6) is 0 Å². The van der Waals surface area contributed by atoms with Gasteiger partial charge in [-0.2, -0.15) is 0 Å². The minimum absolute atomic E-state index is 0.234. The molecule has 0 unspecified atom stereocenters. The highest BCUT2D eigenvalue weighted by Gasteiger charge is 2.24. The number of amides is 1. The van der Waals surface area contributed by atoms with Gasteiger partial charge < -0.3 is 5.32 Å². The molecule has 0 aliphatic carbocycles. The van der Waals surface area contributed by atoms with E-state index >= 15 is 0 Å². The van der Waals surface area contributed by atoms with E-state index in [2.05, 4.69) is 5.32 Å². The Labute approximate surface area is 223 Å². The van der Waals surface area contributed by atoms with Gasteiger partial charge in [0.05, 0.1) is 16.6 Å². The fraction of sp³-hybridized carbons (Fsp3) is 0.167. The van der Waals surface area contributed by atoms with Crippen LogP contribution in [0, 0.1) is 6.92 Å². The van der Waals surface area contributed by atoms with Crippen LogP contribution in [0.2, 0.25) is 0 Å². The van der Waals surface area contributed by atoms with Crippen LogP contribution < -0.4 is 9.62 Å². The lowest BCUT2D eigenvalue weighted by atomic mass is 9.97. The predicted molar refractivity (Wildman–Crippen MR) is 152 cm³/mol. The number of anilines is 1. The van der Waals surface area contributed by atoms with Gasteiger partial charge in [0, 0.05) is 17.0 Å². The Hall–Kier alpha value is -3.55. The van der Waals surface area contributed by atoms with Crippen molar-refractivity contribution in [3.63, 3.8) is 0 Å². The highest BCUT2D eigenvalue weighted by Crippen LogP contribution is 2.27. The molecule has 4 rings (SSSR count). The first kappa shape index (κ1) is 26.5. The number of benzene rings is 4. The van der Waals surface area contributed by atoms with E-state index in [1.165, 1.54) is 4.31 Å². The molecule has 0 aliphatic rings. The van der Waals surface area contributed by atoms with Crippen LogP contribution >= 0.6 is 11.8 Å². The predicted octanol–water partition coefficient (Wildman–Crippen LogP) is 6.45. The summed E-state index contributed by atoms with van der Waals surface area (Å²) in [6.07, 6.45) is 1.95. The molecule has 1 N–H and O–H groups in total. The average Bonchev–Trinajstić information content (AvgIpc) is 2.93. The first-order valence-corrected chi connectivity index (χ1v) is 14.7. The van der Waals surface area contributed by atoms with Crippen molar-refractivity contribution in [2.45, 2.75) is 29.7 Å². The van der Waals surface area contributed by atoms with Crippen molar-refractivity contribution in [1.29, 1.82) is 0 Å². The molecule has 0 bridgehead atoms. The highest BCUT2D eigenvalue weighted by atomic mass is 32.2. The maximum absolute atomic E-state index is 13.3. The van der Waals surface area contributed by atoms with Gasteiger partial charge in [-0.25, -0.2) is 8.42 Å². The standard InChI is InChI=1S/C30H30N2O3S2/c1-4-32(37(34,35)28-20-18-27(36-3)19-21-28)26-16-14-25(15-17-26)30(33)31-29(23-8-6-5-7-9-23)24-12-10-22(2)11-13-24/h5-21,29H,4H2,1-3H3,(H,31,33)/t29-/m1/s1. The maximum Gasteiger partial charge on any atom is 0.264 e. The Morgan fingerprint density at radius 1 is 0.838 bits per heavy atom. The number of aryl methyl sites for hydroxylation is 1. The summed E-state index contributed by atoms with van der Waals surface area (Å²) >= 11 is 1.56. The Morgan fingerprint density at radius 2 is 1.43 bits per heavy atom. The van der Waals surface area contributed by atoms with Crippen LogP contribution in [-0.4, -0.2) is 27.1 Å². The summed E-state index contributed by atoms with van der Waals surface area (Å²) in [6, 6.07) is 31.1. The molecule has 1 amide bonds. The van der Waals surface area contributed by atoms with Crippen molar-refractivity contribution in [1.82, 2.24) is 5.32 Å². The second-order valence-electron chi connectivity index (χ2n) is 8.62. The van der Waals surface area contributed by atoms with Crippen LogP contribution in [0.1, 0.15) is 40.0 Å². The van der Waals surface area contributed by atoms with Gasteiger partial charge in [-0.1, -0.05) is 60.2 Å². The summed E-state index contributed by atoms with van der Waals surface area (Å²) in [4.78, 5) is 14.5. The van der Waals surface area contributed by atoms with E-state index in [0.29, 0.717) is 11.3 Å². The van der Waals surface area contributed by atoms with Gasteiger partial charge in [0.25, 0.3) is 15.9 Å². The molecule has 0 radical (unpaired) electrons. The molecule has 0 aliphatic heterocycles. The summed E-state index contributed by atoms with van der Waals surface area (Å²) in [5.74, 6) is -0.237. The van der Waals surface area contributed by atoms with Crippen LogP contribution in [0.4, 0.5) is 5.69 Å². The van der Waals surface area contributed by atoms with Crippen molar-refractivity contribution in [2.75, 3.05) is 17.1 Å². The first-order valence-electron chi connectivity index (χ1n) is 12.0. The van der Waals surface area contributed by atoms with Crippen molar-refractivity contribution in [3.8, 4) is 0 Å². The summed E-state index contributed by atoms with van der Waals surface area (Å²) in [6.45, 7) is 4.09. The number of carbonyl (C=O) groups is 1. The van der Waals surface area contributed by atoms with Crippen molar-refractivity contribution >= 4 is 33.4 Å². The number of rotatable bonds is 9. The monoisotopic (exact) mass is 530 g/mol. The smallest absolute Gasteiger partial charge is 0.264 e. The Bertz CT molecular complexity index is 1440. The number of hydrogen-bond donors (Lipinski definition) is 1. The van der Waals surface area contributed by atoms with E-state index in [1.807, 2.05) is 67.8 Å². The van der Waals surface area contributed by atoms with Gasteiger partial charge in [-0.05, 0) is 79.8 Å². The third-order valence-electron chi connectivity index (χ3n) is 6.17. The zero-order valence-corrected chi connectivity index (χ0v) is 22.7. The third kappa shape index (κ3) is 6.06. The lowest BCUT2D eigenvalue weighted by molar-refractivity contribution is 0.0943. The van der Waals surface area contributed by atoms with Gasteiger partial charge in [-0.3, -0.25) is 9.10 Å². The van der Waals surface area contributed by atoms with Gasteiger partial charge in [0.15, 0.2) is 0 Å². The number of carbonyl (C=O) groups excluding carboxylic acids is 1. The van der Waals surface area contributed by atoms with E-state index < -0.39 is 10.0 Å². The zero-order valence-electron chi connectivity index (χ0n) is 21.1. The third-order valence-corrected chi connectivity index (χ3v) is 8.83. The molecule has 7 heteroatoms. The van der Waals surface area contributed by atoms with Crippen molar-refractivity contribution in [3.05, 3.63) is 125 Å². The maximum atomic E-state index is 13.3. The first-order chi connectivity index (χ1) is 17.8. The number of sulfonamides is 1. The molecule has 0 heterocycles. The topological polar surface area (TPSA) is 66.5 Å². The molecular formula is C30H30N2O3S2. The zero-order chi connectivity index (χ0) is 26.4. The van der Waals surface area contributed by atoms with E-state index in [-0.39, 0.29) is 23.4 Å². The normalized spacial score (nSPS) is 12.1. The largest absolute Gasteiger partial charge is 0.341 e. The van der Waals surface area contributed by atoms with Crippen LogP contribution in [0.15, 0.2) is 113 Å². The van der Waals surface area contributed by atoms with Crippen LogP contribution in [0.3, 0.4) is 0 Å². The molecule has 0 fully saturated rings. The number of thioether (sulfide) groups is 1. The second kappa shape index (κ2) is 11.7. The quantitative estimate of drug-likeness (QED) is 0.253. The second-order valence-corrected chi connectivity index (χ2v) is 11.4. The lowest BCUT2D eigenvalue weighted by Crippen LogP contribution is -2.31. The molecule has 0 saturated heterocycles. The molecule has 4 aromatic carbocycles. The number of hydrogen-bond acceptors (Lipinski definition) is 4. The number of nitrogens with one attached hydrogen (secondary N) is 1. The molecule has 0 saturated carbocycles. The summed E-state index contributed by atoms with van der Waals surface area (Å²) in [5, 5.41) is 3.14. The molecule has 190 valence electrons. The van der Waals surface area contributed by atoms with E-state index in [9.17, 15) is 13.2 Å². The van der Waals surface area contributed by atoms with Crippen LogP contribution in [0.25, 0.3) is 0 Å². The Kier molecular flexibility index (Phi) is 8.36. The number of nitrogens with zero attached hydrogens (tertiary/aromatic N) is 1. The average molecular weight is 531 g/mol. The van der Waals surface area contributed by atoms with Crippen molar-refractivity contribution < 1.29 is 13.2 Å². The summed E-state index contributed by atoms with van der Waals surface area (Å²) < 4.78 is 28.0. The Balaban J connectivity index is 1.57. The summed E-state index contributed by atoms with van der Waals surface area (Å²) in [7, 11) is -3.73. The minimum atomic E-state index is -3.73. The molecule has 0 spiro atoms. The van der Waals surface area contributed by atoms with Gasteiger partial charge >= 0.3 is 0 Å². The molecule has 1 atom stereocenters. The van der Waals surface area contributed by atoms with Gasteiger partial charge in [0.2, 0.25) is 0 Å². The fourth-order valence-corrected chi connectivity index (χ4v) is 6.01. The van der Waals surface area contributed by atoms with Crippen molar-refractivity contribution in [2.24, 2.45) is 0 Å². The summed E-state index contributed by atoms with van der Waals surface area (Å²) in [5.41, 5.74) is 4.07. The molecule has 0 aromatic heterocycles. The van der Waals surface area contributed by atoms with E-state index in [0.717, 1.165) is 21.6 Å². The molecular weight excluding hydrogens is 500 g/mol. The molecule has 5 nitrogen and oxygen atoms in total. The SMILES string of the molecule is CCN(c1ccc(C(=O)N[C@H](c2ccccc2)c2ccc(C)cc2)cc1)S(=O)(=O)c1ccc(SC)cc1. The lowest BCUT2D eigenvalue weighted by Gasteiger charge is -2.23. The fourth-order valence-electron chi connectivity index (χ4n) is 4.12. The van der Waals surface area contributed by atoms with Crippen LogP contribution in [-0.2, 0) is 10.0 Å². The Morgan fingerprint density at radius 3 is 2.00 bits per heavy atom. The van der Waals surface area contributed by atoms with E-state index in [1.54, 1.807) is 67.2 Å². The van der Waals surface area contributed by atoms with E-state index in [4.69, 9.17) is 0 Å².